The normalized spacial score (nSPS) is 12.3. The van der Waals surface area contributed by atoms with Crippen molar-refractivity contribution < 1.29 is 14.9 Å². The van der Waals surface area contributed by atoms with Crippen LogP contribution in [-0.4, -0.2) is 0 Å². The third-order valence-electron chi connectivity index (χ3n) is 2.50. The van der Waals surface area contributed by atoms with Crippen LogP contribution < -0.4 is 0 Å². The first-order valence-electron chi connectivity index (χ1n) is 5.42. The molecule has 0 aliphatic heterocycles. The van der Waals surface area contributed by atoms with Gasteiger partial charge in [-0.15, -0.1) is 0 Å². The van der Waals surface area contributed by atoms with Crippen LogP contribution in [0.5, 0.6) is 0 Å². The van der Waals surface area contributed by atoms with Crippen molar-refractivity contribution in [3.05, 3.63) is 47.4 Å². The van der Waals surface area contributed by atoms with Crippen molar-refractivity contribution in [3.63, 3.8) is 0 Å². The van der Waals surface area contributed by atoms with E-state index in [1.165, 1.54) is 36.0 Å². The van der Waals surface area contributed by atoms with Crippen molar-refractivity contribution in [3.8, 4) is 0 Å². The van der Waals surface area contributed by atoms with Crippen LogP contribution in [0, 0.1) is 6.42 Å². The number of halogens is 2. The quantitative estimate of drug-likeness (QED) is 0.460. The molecule has 0 aromatic heterocycles. The zero-order valence-electron chi connectivity index (χ0n) is 9.34. The van der Waals surface area contributed by atoms with Crippen LogP contribution in [0.1, 0.15) is 37.3 Å². The molecule has 16 heavy (non-hydrogen) atoms. The summed E-state index contributed by atoms with van der Waals surface area (Å²) in [4.78, 5) is 0. The number of allylic oxidation sites excluding steroid dienone is 1. The van der Waals surface area contributed by atoms with Gasteiger partial charge in [-0.3, -0.25) is 0 Å². The van der Waals surface area contributed by atoms with Gasteiger partial charge in [-0.05, 0) is 24.0 Å². The Morgan fingerprint density at radius 1 is 1.12 bits per heavy atom. The summed E-state index contributed by atoms with van der Waals surface area (Å²) in [7, 11) is 0. The van der Waals surface area contributed by atoms with Gasteiger partial charge in [0, 0.05) is 6.42 Å². The third kappa shape index (κ3) is 5.30. The fourth-order valence-electron chi connectivity index (χ4n) is 1.74. The van der Waals surface area contributed by atoms with Crippen LogP contribution in [-0.2, 0) is 14.9 Å². The molecule has 1 radical (unpaired) electrons. The zero-order valence-corrected chi connectivity index (χ0v) is 16.1. The number of hydrogen-bond acceptors (Lipinski definition) is 0. The van der Waals surface area contributed by atoms with E-state index in [1.807, 2.05) is 0 Å². The SMILES string of the molecule is CCCCC1=Cc2ccccc2[CH]1.[I][Zr][I]. The Morgan fingerprint density at radius 2 is 1.75 bits per heavy atom. The van der Waals surface area contributed by atoms with Gasteiger partial charge in [-0.2, -0.15) is 0 Å². The van der Waals surface area contributed by atoms with Gasteiger partial charge in [0.25, 0.3) is 0 Å². The van der Waals surface area contributed by atoms with Crippen molar-refractivity contribution in [1.29, 1.82) is 0 Å². The summed E-state index contributed by atoms with van der Waals surface area (Å²) in [5, 5.41) is 0. The molecule has 0 bridgehead atoms. The molecule has 0 nitrogen and oxygen atoms in total. The first-order valence-corrected chi connectivity index (χ1v) is 20.0. The summed E-state index contributed by atoms with van der Waals surface area (Å²) in [6, 6.07) is 8.58. The zero-order chi connectivity index (χ0) is 11.8. The number of unbranched alkanes of at least 4 members (excludes halogenated alkanes) is 1. The van der Waals surface area contributed by atoms with Crippen LogP contribution >= 0.6 is 36.1 Å². The first kappa shape index (κ1) is 15.4. The first-order chi connectivity index (χ1) is 7.81. The molecule has 0 amide bonds. The molecule has 0 N–H and O–H groups in total. The molecule has 85 valence electrons. The predicted octanol–water partition coefficient (Wildman–Crippen LogP) is 5.60. The van der Waals surface area contributed by atoms with Gasteiger partial charge >= 0.3 is 50.9 Å². The second-order valence-electron chi connectivity index (χ2n) is 3.67. The topological polar surface area (TPSA) is 0 Å². The molecule has 2 rings (SSSR count). The number of fused-ring (bicyclic) bond motifs is 1. The van der Waals surface area contributed by atoms with Crippen molar-refractivity contribution in [2.24, 2.45) is 0 Å². The Morgan fingerprint density at radius 3 is 2.31 bits per heavy atom. The molecule has 0 atom stereocenters. The summed E-state index contributed by atoms with van der Waals surface area (Å²) >= 11 is 5.06. The van der Waals surface area contributed by atoms with Crippen molar-refractivity contribution in [2.45, 2.75) is 26.2 Å². The van der Waals surface area contributed by atoms with Crippen LogP contribution in [0.15, 0.2) is 29.8 Å². The van der Waals surface area contributed by atoms with E-state index in [0.717, 1.165) is 0 Å². The molecule has 1 aromatic carbocycles. The van der Waals surface area contributed by atoms with Gasteiger partial charge in [0.05, 0.1) is 0 Å². The van der Waals surface area contributed by atoms with E-state index in [4.69, 9.17) is 0 Å². The summed E-state index contributed by atoms with van der Waals surface area (Å²) in [5.74, 6) is 0. The Labute approximate surface area is 129 Å². The van der Waals surface area contributed by atoms with Crippen LogP contribution in [0.2, 0.25) is 0 Å². The molecular formula is C13H15I2Zr. The summed E-state index contributed by atoms with van der Waals surface area (Å²) in [6.45, 7) is 2.24. The molecule has 1 aromatic rings. The van der Waals surface area contributed by atoms with Crippen LogP contribution in [0.25, 0.3) is 6.08 Å². The van der Waals surface area contributed by atoms with Gasteiger partial charge in [0.15, 0.2) is 0 Å². The Kier molecular flexibility index (Phi) is 8.89. The van der Waals surface area contributed by atoms with Crippen LogP contribution in [0.4, 0.5) is 0 Å². The third-order valence-corrected chi connectivity index (χ3v) is 2.50. The maximum absolute atomic E-state index is 2.45. The fraction of sp³-hybridized carbons (Fsp3) is 0.308. The van der Waals surface area contributed by atoms with Gasteiger partial charge in [-0.25, -0.2) is 0 Å². The van der Waals surface area contributed by atoms with Gasteiger partial charge in [0.2, 0.25) is 0 Å². The van der Waals surface area contributed by atoms with E-state index in [1.54, 1.807) is 0 Å². The van der Waals surface area contributed by atoms with E-state index in [2.05, 4.69) is 79.8 Å². The summed E-state index contributed by atoms with van der Waals surface area (Å²) in [6.07, 6.45) is 8.43. The predicted molar refractivity (Wildman–Crippen MR) is 85.4 cm³/mol. The van der Waals surface area contributed by atoms with E-state index in [0.29, 0.717) is 0 Å². The number of benzene rings is 1. The molecule has 0 saturated heterocycles. The van der Waals surface area contributed by atoms with Crippen molar-refractivity contribution in [2.75, 3.05) is 0 Å². The maximum atomic E-state index is 2.45. The van der Waals surface area contributed by atoms with Crippen LogP contribution in [0.3, 0.4) is 0 Å². The molecule has 0 unspecified atom stereocenters. The molecule has 1 aliphatic rings. The van der Waals surface area contributed by atoms with E-state index >= 15 is 0 Å². The molecule has 0 saturated carbocycles. The second kappa shape index (κ2) is 9.26. The standard InChI is InChI=1S/C13H15.2HI.Zr/c1-2-3-6-11-9-12-7-4-5-8-13(12)10-11;;;/h4-5,7-10H,2-3,6H2,1H3;2*1H;/q;;;+2/p-2. The summed E-state index contributed by atoms with van der Waals surface area (Å²) in [5.41, 5.74) is 4.25. The molecule has 0 spiro atoms. The van der Waals surface area contributed by atoms with Crippen molar-refractivity contribution >= 4 is 42.2 Å². The van der Waals surface area contributed by atoms with E-state index in [9.17, 15) is 0 Å². The van der Waals surface area contributed by atoms with E-state index < -0.39 is 0 Å². The Hall–Kier alpha value is 1.30. The molecule has 0 fully saturated rings. The minimum atomic E-state index is 0.170. The molecule has 1 aliphatic carbocycles. The van der Waals surface area contributed by atoms with Gasteiger partial charge < -0.3 is 0 Å². The monoisotopic (exact) mass is 515 g/mol. The Bertz CT molecular complexity index is 348. The summed E-state index contributed by atoms with van der Waals surface area (Å²) < 4.78 is 0. The van der Waals surface area contributed by atoms with Gasteiger partial charge in [0.1, 0.15) is 0 Å². The molecular weight excluding hydrogens is 501 g/mol. The van der Waals surface area contributed by atoms with Gasteiger partial charge in [-0.1, -0.05) is 49.3 Å². The number of hydrogen-bond donors (Lipinski definition) is 0. The average molecular weight is 516 g/mol. The molecule has 0 heterocycles. The second-order valence-corrected chi connectivity index (χ2v) is 22.6. The average Bonchev–Trinajstić information content (AvgIpc) is 2.70. The Balaban J connectivity index is 0.000000386. The van der Waals surface area contributed by atoms with Crippen molar-refractivity contribution in [1.82, 2.24) is 0 Å². The fourth-order valence-corrected chi connectivity index (χ4v) is 1.74. The molecule has 3 heteroatoms. The minimum absolute atomic E-state index is 0.170. The van der Waals surface area contributed by atoms with E-state index in [-0.39, 0.29) is 14.9 Å². The number of rotatable bonds is 3.